The van der Waals surface area contributed by atoms with E-state index >= 15 is 0 Å². The maximum absolute atomic E-state index is 12.8. The lowest BCUT2D eigenvalue weighted by atomic mass is 10.1. The maximum Gasteiger partial charge on any atom is 0.347 e. The Kier molecular flexibility index (Phi) is 8.36. The number of furan rings is 1. The topological polar surface area (TPSA) is 91.3 Å². The minimum absolute atomic E-state index is 0. The minimum Gasteiger partial charge on any atom is -0.490 e. The summed E-state index contributed by atoms with van der Waals surface area (Å²) < 4.78 is 28.0. The van der Waals surface area contributed by atoms with Crippen LogP contribution in [0.2, 0.25) is 0 Å². The van der Waals surface area contributed by atoms with E-state index in [2.05, 4.69) is 18.7 Å². The van der Waals surface area contributed by atoms with Gasteiger partial charge in [-0.3, -0.25) is 4.79 Å². The molecule has 9 heteroatoms. The Labute approximate surface area is 186 Å². The van der Waals surface area contributed by atoms with Crippen LogP contribution in [0.4, 0.5) is 0 Å². The van der Waals surface area contributed by atoms with Crippen LogP contribution in [0.3, 0.4) is 0 Å². The number of esters is 1. The van der Waals surface area contributed by atoms with Gasteiger partial charge in [-0.05, 0) is 33.0 Å². The van der Waals surface area contributed by atoms with Gasteiger partial charge in [0.2, 0.25) is 5.75 Å². The molecule has 0 fully saturated rings. The molecule has 3 aromatic rings. The Hall–Kier alpha value is -2.71. The molecule has 1 atom stereocenters. The third kappa shape index (κ3) is 4.97. The summed E-state index contributed by atoms with van der Waals surface area (Å²) >= 11 is 0. The SMILES string of the molecule is CCN(CC)CCOC(=O)C(C)Oc1c2ccoc2c(OC)c2oc(C)cc(=O)c12.Cl. The van der Waals surface area contributed by atoms with Gasteiger partial charge < -0.3 is 27.9 Å². The molecule has 170 valence electrons. The van der Waals surface area contributed by atoms with Gasteiger partial charge in [0.1, 0.15) is 23.5 Å². The van der Waals surface area contributed by atoms with Crippen LogP contribution in [0.5, 0.6) is 11.5 Å². The van der Waals surface area contributed by atoms with E-state index in [1.165, 1.54) is 19.4 Å². The third-order valence-electron chi connectivity index (χ3n) is 5.00. The lowest BCUT2D eigenvalue weighted by molar-refractivity contribution is -0.151. The molecule has 1 unspecified atom stereocenters. The molecular formula is C22H28ClNO7. The number of aryl methyl sites for hydroxylation is 1. The van der Waals surface area contributed by atoms with Crippen LogP contribution >= 0.6 is 12.4 Å². The molecule has 0 radical (unpaired) electrons. The van der Waals surface area contributed by atoms with Crippen molar-refractivity contribution >= 4 is 40.3 Å². The summed E-state index contributed by atoms with van der Waals surface area (Å²) in [4.78, 5) is 27.4. The van der Waals surface area contributed by atoms with Crippen molar-refractivity contribution in [2.75, 3.05) is 33.4 Å². The first-order valence-electron chi connectivity index (χ1n) is 9.98. The molecule has 2 heterocycles. The van der Waals surface area contributed by atoms with Crippen molar-refractivity contribution in [1.29, 1.82) is 0 Å². The lowest BCUT2D eigenvalue weighted by Crippen LogP contribution is -2.31. The van der Waals surface area contributed by atoms with Crippen molar-refractivity contribution in [3.05, 3.63) is 34.4 Å². The fourth-order valence-electron chi connectivity index (χ4n) is 3.35. The summed E-state index contributed by atoms with van der Waals surface area (Å²) in [5, 5.41) is 0.701. The van der Waals surface area contributed by atoms with Crippen molar-refractivity contribution in [3.8, 4) is 11.5 Å². The van der Waals surface area contributed by atoms with Crippen molar-refractivity contribution in [3.63, 3.8) is 0 Å². The molecule has 0 aliphatic heterocycles. The number of fused-ring (bicyclic) bond motifs is 2. The number of ether oxygens (including phenoxy) is 3. The number of rotatable bonds is 9. The Morgan fingerprint density at radius 3 is 2.55 bits per heavy atom. The van der Waals surface area contributed by atoms with E-state index in [-0.39, 0.29) is 41.2 Å². The Bertz CT molecular complexity index is 1100. The van der Waals surface area contributed by atoms with Gasteiger partial charge in [0, 0.05) is 12.6 Å². The molecule has 31 heavy (non-hydrogen) atoms. The van der Waals surface area contributed by atoms with E-state index in [0.29, 0.717) is 29.0 Å². The molecule has 0 saturated carbocycles. The van der Waals surface area contributed by atoms with E-state index in [0.717, 1.165) is 13.1 Å². The van der Waals surface area contributed by atoms with E-state index in [4.69, 9.17) is 23.0 Å². The van der Waals surface area contributed by atoms with E-state index in [9.17, 15) is 9.59 Å². The summed E-state index contributed by atoms with van der Waals surface area (Å²) in [5.74, 6) is 0.412. The Morgan fingerprint density at radius 2 is 1.90 bits per heavy atom. The van der Waals surface area contributed by atoms with Crippen LogP contribution < -0.4 is 14.9 Å². The van der Waals surface area contributed by atoms with Gasteiger partial charge >= 0.3 is 5.97 Å². The fourth-order valence-corrected chi connectivity index (χ4v) is 3.35. The van der Waals surface area contributed by atoms with Crippen molar-refractivity contribution in [2.24, 2.45) is 0 Å². The number of likely N-dealkylation sites (N-methyl/N-ethyl adjacent to an activating group) is 1. The molecule has 0 aliphatic rings. The summed E-state index contributed by atoms with van der Waals surface area (Å²) in [6.07, 6.45) is 0.528. The van der Waals surface area contributed by atoms with Crippen LogP contribution in [-0.4, -0.2) is 50.3 Å². The summed E-state index contributed by atoms with van der Waals surface area (Å²) in [6.45, 7) is 10.0. The number of carbonyl (C=O) groups excluding carboxylic acids is 1. The summed E-state index contributed by atoms with van der Waals surface area (Å²) in [5.41, 5.74) is 0.283. The second kappa shape index (κ2) is 10.5. The van der Waals surface area contributed by atoms with Gasteiger partial charge in [0.25, 0.3) is 0 Å². The third-order valence-corrected chi connectivity index (χ3v) is 5.00. The highest BCUT2D eigenvalue weighted by molar-refractivity contribution is 6.06. The molecule has 1 aromatic carbocycles. The zero-order valence-corrected chi connectivity index (χ0v) is 19.2. The van der Waals surface area contributed by atoms with Crippen molar-refractivity contribution in [1.82, 2.24) is 4.90 Å². The number of carbonyl (C=O) groups is 1. The first-order valence-corrected chi connectivity index (χ1v) is 9.98. The minimum atomic E-state index is -0.933. The second-order valence-corrected chi connectivity index (χ2v) is 6.91. The monoisotopic (exact) mass is 453 g/mol. The highest BCUT2D eigenvalue weighted by atomic mass is 35.5. The van der Waals surface area contributed by atoms with Gasteiger partial charge in [-0.15, -0.1) is 12.4 Å². The molecule has 2 aromatic heterocycles. The molecular weight excluding hydrogens is 426 g/mol. The molecule has 0 bridgehead atoms. The second-order valence-electron chi connectivity index (χ2n) is 6.91. The number of hydrogen-bond donors (Lipinski definition) is 0. The quantitative estimate of drug-likeness (QED) is 0.450. The predicted molar refractivity (Wildman–Crippen MR) is 120 cm³/mol. The van der Waals surface area contributed by atoms with Crippen molar-refractivity contribution in [2.45, 2.75) is 33.8 Å². The Morgan fingerprint density at radius 1 is 1.19 bits per heavy atom. The van der Waals surface area contributed by atoms with Gasteiger partial charge in [-0.2, -0.15) is 0 Å². The zero-order valence-electron chi connectivity index (χ0n) is 18.4. The highest BCUT2D eigenvalue weighted by Gasteiger charge is 2.26. The van der Waals surface area contributed by atoms with Gasteiger partial charge in [-0.25, -0.2) is 4.79 Å². The average Bonchev–Trinajstić information content (AvgIpc) is 3.20. The molecule has 8 nitrogen and oxygen atoms in total. The molecule has 0 amide bonds. The van der Waals surface area contributed by atoms with Gasteiger partial charge in [0.15, 0.2) is 22.7 Å². The predicted octanol–water partition coefficient (Wildman–Crippen LogP) is 3.93. The lowest BCUT2D eigenvalue weighted by Gasteiger charge is -2.19. The largest absolute Gasteiger partial charge is 0.490 e. The number of hydrogen-bond acceptors (Lipinski definition) is 8. The standard InChI is InChI=1S/C22H27NO7.ClH/c1-6-23(7-2)9-11-28-22(25)14(4)30-18-15-8-10-27-19(15)21(26-5)20-17(18)16(24)12-13(3)29-20;/h8,10,12,14H,6-7,9,11H2,1-5H3;1H. The fraction of sp³-hybridized carbons (Fsp3) is 0.455. The van der Waals surface area contributed by atoms with Crippen LogP contribution in [0.15, 0.2) is 32.0 Å². The van der Waals surface area contributed by atoms with Crippen LogP contribution in [0.25, 0.3) is 21.9 Å². The summed E-state index contributed by atoms with van der Waals surface area (Å²) in [7, 11) is 1.47. The van der Waals surface area contributed by atoms with Gasteiger partial charge in [0.05, 0.1) is 18.8 Å². The number of methoxy groups -OCH3 is 1. The van der Waals surface area contributed by atoms with E-state index < -0.39 is 12.1 Å². The normalized spacial score (nSPS) is 12.1. The van der Waals surface area contributed by atoms with Crippen LogP contribution in [-0.2, 0) is 9.53 Å². The summed E-state index contributed by atoms with van der Waals surface area (Å²) in [6, 6.07) is 3.03. The highest BCUT2D eigenvalue weighted by Crippen LogP contribution is 2.42. The Balaban J connectivity index is 0.00000341. The number of halogens is 1. The zero-order chi connectivity index (χ0) is 21.8. The van der Waals surface area contributed by atoms with E-state index in [1.54, 1.807) is 19.9 Å². The molecule has 0 spiro atoms. The van der Waals surface area contributed by atoms with Crippen molar-refractivity contribution < 1.29 is 27.8 Å². The first-order chi connectivity index (χ1) is 14.4. The molecule has 3 rings (SSSR count). The van der Waals surface area contributed by atoms with E-state index in [1.807, 2.05) is 0 Å². The van der Waals surface area contributed by atoms with Gasteiger partial charge in [-0.1, -0.05) is 13.8 Å². The average molecular weight is 454 g/mol. The number of nitrogens with zero attached hydrogens (tertiary/aromatic N) is 1. The molecule has 0 saturated heterocycles. The first kappa shape index (κ1) is 24.6. The number of benzene rings is 1. The van der Waals surface area contributed by atoms with Crippen LogP contribution in [0.1, 0.15) is 26.5 Å². The molecule has 0 aliphatic carbocycles. The van der Waals surface area contributed by atoms with Crippen LogP contribution in [0, 0.1) is 6.92 Å². The molecule has 0 N–H and O–H groups in total. The smallest absolute Gasteiger partial charge is 0.347 e. The maximum atomic E-state index is 12.8.